The minimum Gasteiger partial charge on any atom is -0.371 e. The second kappa shape index (κ2) is 7.88. The molecular formula is C18H21FN2O2S. The van der Waals surface area contributed by atoms with Crippen LogP contribution in [-0.2, 0) is 16.1 Å². The molecule has 0 N–H and O–H groups in total. The third kappa shape index (κ3) is 4.41. The molecule has 1 aliphatic rings. The number of thiophene rings is 1. The number of hydrogen-bond donors (Lipinski definition) is 0. The van der Waals surface area contributed by atoms with Gasteiger partial charge in [0.15, 0.2) is 0 Å². The zero-order valence-corrected chi connectivity index (χ0v) is 14.5. The van der Waals surface area contributed by atoms with Gasteiger partial charge in [-0.05, 0) is 40.1 Å². The molecule has 0 unspecified atom stereocenters. The van der Waals surface area contributed by atoms with Crippen LogP contribution in [0.2, 0.25) is 0 Å². The lowest BCUT2D eigenvalue weighted by Gasteiger charge is -2.33. The summed E-state index contributed by atoms with van der Waals surface area (Å²) in [5.74, 6) is -0.155. The third-order valence-corrected chi connectivity index (χ3v) is 4.91. The van der Waals surface area contributed by atoms with Crippen molar-refractivity contribution in [2.24, 2.45) is 0 Å². The van der Waals surface area contributed by atoms with Gasteiger partial charge in [-0.15, -0.1) is 0 Å². The minimum absolute atomic E-state index is 0.0981. The monoisotopic (exact) mass is 348 g/mol. The zero-order chi connectivity index (χ0) is 16.9. The highest BCUT2D eigenvalue weighted by Crippen LogP contribution is 2.22. The van der Waals surface area contributed by atoms with Gasteiger partial charge >= 0.3 is 0 Å². The summed E-state index contributed by atoms with van der Waals surface area (Å²) in [5, 5.41) is 4.08. The molecule has 0 radical (unpaired) electrons. The van der Waals surface area contributed by atoms with Crippen molar-refractivity contribution < 1.29 is 13.9 Å². The summed E-state index contributed by atoms with van der Waals surface area (Å²) in [4.78, 5) is 16.3. The number of amides is 1. The molecule has 2 aromatic rings. The second-order valence-electron chi connectivity index (χ2n) is 6.03. The van der Waals surface area contributed by atoms with Crippen LogP contribution in [0.1, 0.15) is 17.2 Å². The van der Waals surface area contributed by atoms with E-state index >= 15 is 0 Å². The van der Waals surface area contributed by atoms with Crippen molar-refractivity contribution in [3.05, 3.63) is 58.0 Å². The first-order valence-corrected chi connectivity index (χ1v) is 8.90. The smallest absolute Gasteiger partial charge is 0.236 e. The van der Waals surface area contributed by atoms with E-state index in [1.807, 2.05) is 18.5 Å². The molecule has 24 heavy (non-hydrogen) atoms. The van der Waals surface area contributed by atoms with Crippen LogP contribution in [0.15, 0.2) is 41.1 Å². The van der Waals surface area contributed by atoms with Crippen molar-refractivity contribution in [3.63, 3.8) is 0 Å². The molecule has 128 valence electrons. The van der Waals surface area contributed by atoms with Crippen molar-refractivity contribution in [2.75, 3.05) is 33.3 Å². The van der Waals surface area contributed by atoms with Gasteiger partial charge in [0.05, 0.1) is 19.3 Å². The first-order valence-electron chi connectivity index (χ1n) is 7.96. The number of hydrogen-bond acceptors (Lipinski definition) is 4. The van der Waals surface area contributed by atoms with Crippen LogP contribution < -0.4 is 0 Å². The molecule has 2 heterocycles. The van der Waals surface area contributed by atoms with E-state index in [4.69, 9.17) is 4.74 Å². The lowest BCUT2D eigenvalue weighted by molar-refractivity contribution is -0.133. The number of morpholine rings is 1. The summed E-state index contributed by atoms with van der Waals surface area (Å²) >= 11 is 1.64. The van der Waals surface area contributed by atoms with E-state index in [9.17, 15) is 9.18 Å². The molecule has 1 amide bonds. The Labute approximate surface area is 145 Å². The van der Waals surface area contributed by atoms with Gasteiger partial charge in [-0.2, -0.15) is 11.3 Å². The largest absolute Gasteiger partial charge is 0.371 e. The lowest BCUT2D eigenvalue weighted by Crippen LogP contribution is -2.44. The molecule has 0 saturated carbocycles. The Morgan fingerprint density at radius 1 is 1.38 bits per heavy atom. The number of carbonyl (C=O) groups excluding carboxylic acids is 1. The summed E-state index contributed by atoms with van der Waals surface area (Å²) in [6.07, 6.45) is -0.116. The van der Waals surface area contributed by atoms with Crippen molar-refractivity contribution in [3.8, 4) is 0 Å². The van der Waals surface area contributed by atoms with Gasteiger partial charge in [0.2, 0.25) is 5.91 Å². The number of nitrogens with zero attached hydrogens (tertiary/aromatic N) is 2. The summed E-state index contributed by atoms with van der Waals surface area (Å²) in [6, 6.07) is 8.41. The van der Waals surface area contributed by atoms with Crippen molar-refractivity contribution in [1.29, 1.82) is 0 Å². The van der Waals surface area contributed by atoms with Crippen LogP contribution >= 0.6 is 11.3 Å². The van der Waals surface area contributed by atoms with Gasteiger partial charge in [0, 0.05) is 26.7 Å². The van der Waals surface area contributed by atoms with E-state index in [1.165, 1.54) is 12.1 Å². The number of carbonyl (C=O) groups is 1. The highest BCUT2D eigenvalue weighted by Gasteiger charge is 2.24. The van der Waals surface area contributed by atoms with E-state index in [-0.39, 0.29) is 17.8 Å². The highest BCUT2D eigenvalue weighted by molar-refractivity contribution is 7.07. The first kappa shape index (κ1) is 17.1. The lowest BCUT2D eigenvalue weighted by atomic mass is 10.1. The van der Waals surface area contributed by atoms with Crippen LogP contribution in [0, 0.1) is 5.82 Å². The van der Waals surface area contributed by atoms with E-state index < -0.39 is 0 Å². The molecule has 0 spiro atoms. The normalized spacial score (nSPS) is 18.5. The van der Waals surface area contributed by atoms with Crippen LogP contribution in [0.4, 0.5) is 4.39 Å². The molecule has 1 fully saturated rings. The Morgan fingerprint density at radius 2 is 2.17 bits per heavy atom. The maximum Gasteiger partial charge on any atom is 0.236 e. The molecule has 0 aliphatic carbocycles. The standard InChI is InChI=1S/C18H21FN2O2S/c1-20(10-14-6-9-24-13-14)18(22)12-21-7-8-23-17(11-21)15-2-4-16(19)5-3-15/h2-6,9,13,17H,7-8,10-12H2,1H3/t17-/m0/s1. The highest BCUT2D eigenvalue weighted by atomic mass is 32.1. The summed E-state index contributed by atoms with van der Waals surface area (Å²) in [7, 11) is 1.83. The van der Waals surface area contributed by atoms with E-state index in [0.29, 0.717) is 26.2 Å². The topological polar surface area (TPSA) is 32.8 Å². The minimum atomic E-state index is -0.253. The quantitative estimate of drug-likeness (QED) is 0.833. The molecule has 0 bridgehead atoms. The van der Waals surface area contributed by atoms with E-state index in [2.05, 4.69) is 10.3 Å². The summed E-state index contributed by atoms with van der Waals surface area (Å²) in [5.41, 5.74) is 2.10. The van der Waals surface area contributed by atoms with Crippen molar-refractivity contribution >= 4 is 17.2 Å². The number of ether oxygens (including phenoxy) is 1. The molecule has 1 aliphatic heterocycles. The molecule has 6 heteroatoms. The number of halogens is 1. The van der Waals surface area contributed by atoms with Gasteiger partial charge in [0.1, 0.15) is 5.82 Å². The third-order valence-electron chi connectivity index (χ3n) is 4.18. The fraction of sp³-hybridized carbons (Fsp3) is 0.389. The number of benzene rings is 1. The summed E-state index contributed by atoms with van der Waals surface area (Å²) < 4.78 is 18.8. The van der Waals surface area contributed by atoms with Gasteiger partial charge in [0.25, 0.3) is 0 Å². The van der Waals surface area contributed by atoms with Gasteiger partial charge in [-0.1, -0.05) is 12.1 Å². The van der Waals surface area contributed by atoms with Gasteiger partial charge < -0.3 is 9.64 Å². The van der Waals surface area contributed by atoms with Crippen LogP contribution in [0.25, 0.3) is 0 Å². The predicted octanol–water partition coefficient (Wildman–Crippen LogP) is 2.92. The van der Waals surface area contributed by atoms with E-state index in [0.717, 1.165) is 17.7 Å². The average molecular weight is 348 g/mol. The number of likely N-dealkylation sites (N-methyl/N-ethyl adjacent to an activating group) is 1. The maximum atomic E-state index is 13.0. The SMILES string of the molecule is CN(Cc1ccsc1)C(=O)CN1CCO[C@H](c2ccc(F)cc2)C1. The Morgan fingerprint density at radius 3 is 2.88 bits per heavy atom. The Balaban J connectivity index is 1.54. The van der Waals surface area contributed by atoms with E-state index in [1.54, 1.807) is 28.4 Å². The molecule has 1 aromatic carbocycles. The van der Waals surface area contributed by atoms with Gasteiger partial charge in [-0.3, -0.25) is 9.69 Å². The van der Waals surface area contributed by atoms with Crippen molar-refractivity contribution in [1.82, 2.24) is 9.80 Å². The van der Waals surface area contributed by atoms with Crippen LogP contribution in [0.3, 0.4) is 0 Å². The molecule has 1 atom stereocenters. The zero-order valence-electron chi connectivity index (χ0n) is 13.7. The number of rotatable bonds is 5. The second-order valence-corrected chi connectivity index (χ2v) is 6.81. The molecule has 4 nitrogen and oxygen atoms in total. The molecule has 3 rings (SSSR count). The van der Waals surface area contributed by atoms with Crippen molar-refractivity contribution in [2.45, 2.75) is 12.6 Å². The maximum absolute atomic E-state index is 13.0. The van der Waals surface area contributed by atoms with Gasteiger partial charge in [-0.25, -0.2) is 4.39 Å². The fourth-order valence-electron chi connectivity index (χ4n) is 2.78. The Hall–Kier alpha value is -1.76. The van der Waals surface area contributed by atoms with Crippen LogP contribution in [-0.4, -0.2) is 49.0 Å². The summed E-state index contributed by atoms with van der Waals surface area (Å²) in [6.45, 7) is 2.96. The molecule has 1 saturated heterocycles. The molecular weight excluding hydrogens is 327 g/mol. The average Bonchev–Trinajstić information content (AvgIpc) is 3.08. The first-order chi connectivity index (χ1) is 11.6. The molecule has 1 aromatic heterocycles. The Bertz CT molecular complexity index is 660. The fourth-order valence-corrected chi connectivity index (χ4v) is 3.44. The predicted molar refractivity (Wildman–Crippen MR) is 92.3 cm³/mol. The van der Waals surface area contributed by atoms with Crippen LogP contribution in [0.5, 0.6) is 0 Å². The Kier molecular flexibility index (Phi) is 5.60.